The van der Waals surface area contributed by atoms with E-state index in [2.05, 4.69) is 10.1 Å². The van der Waals surface area contributed by atoms with E-state index in [9.17, 15) is 9.59 Å². The Labute approximate surface area is 166 Å². The molecule has 1 aliphatic rings. The number of piperazine rings is 1. The van der Waals surface area contributed by atoms with Crippen molar-refractivity contribution in [3.8, 4) is 11.5 Å². The number of aromatic nitrogens is 2. The Hall–Kier alpha value is -3.00. The molecule has 0 radical (unpaired) electrons. The van der Waals surface area contributed by atoms with Crippen LogP contribution in [0.3, 0.4) is 0 Å². The van der Waals surface area contributed by atoms with Gasteiger partial charge in [-0.1, -0.05) is 29.4 Å². The zero-order valence-electron chi connectivity index (χ0n) is 15.4. The standard InChI is InChI=1S/C20H20N4O3S/c1-14-13-23(9-10-24(14)20(26)16-8-5-11-28-16)18(25)12-17-21-19(27-22-17)15-6-3-2-4-7-15/h2-8,11,14H,9-10,12-13H2,1H3. The molecule has 144 valence electrons. The lowest BCUT2D eigenvalue weighted by molar-refractivity contribution is -0.133. The van der Waals surface area contributed by atoms with E-state index < -0.39 is 0 Å². The Balaban J connectivity index is 1.36. The second-order valence-corrected chi connectivity index (χ2v) is 7.67. The van der Waals surface area contributed by atoms with Crippen molar-refractivity contribution in [1.82, 2.24) is 19.9 Å². The summed E-state index contributed by atoms with van der Waals surface area (Å²) in [6.45, 7) is 3.49. The van der Waals surface area contributed by atoms with E-state index in [-0.39, 0.29) is 24.3 Å². The van der Waals surface area contributed by atoms with Crippen LogP contribution in [0.15, 0.2) is 52.4 Å². The first-order valence-electron chi connectivity index (χ1n) is 9.12. The zero-order valence-corrected chi connectivity index (χ0v) is 16.3. The van der Waals surface area contributed by atoms with Crippen LogP contribution in [0.2, 0.25) is 0 Å². The van der Waals surface area contributed by atoms with E-state index in [4.69, 9.17) is 4.52 Å². The molecule has 1 aromatic carbocycles. The lowest BCUT2D eigenvalue weighted by Gasteiger charge is -2.39. The van der Waals surface area contributed by atoms with E-state index in [0.29, 0.717) is 31.3 Å². The number of carbonyl (C=O) groups is 2. The number of carbonyl (C=O) groups excluding carboxylic acids is 2. The molecule has 28 heavy (non-hydrogen) atoms. The van der Waals surface area contributed by atoms with Gasteiger partial charge in [-0.2, -0.15) is 4.98 Å². The first kappa shape index (κ1) is 18.4. The molecule has 0 aliphatic carbocycles. The minimum Gasteiger partial charge on any atom is -0.338 e. The quantitative estimate of drug-likeness (QED) is 0.677. The van der Waals surface area contributed by atoms with Crippen LogP contribution in [0.4, 0.5) is 0 Å². The molecule has 1 fully saturated rings. The predicted molar refractivity (Wildman–Crippen MR) is 105 cm³/mol. The van der Waals surface area contributed by atoms with Gasteiger partial charge in [-0.3, -0.25) is 9.59 Å². The van der Waals surface area contributed by atoms with Crippen LogP contribution in [0, 0.1) is 0 Å². The minimum atomic E-state index is -0.0597. The molecule has 2 amide bonds. The van der Waals surface area contributed by atoms with Crippen LogP contribution in [-0.2, 0) is 11.2 Å². The third-order valence-corrected chi connectivity index (χ3v) is 5.63. The fourth-order valence-corrected chi connectivity index (χ4v) is 3.98. The van der Waals surface area contributed by atoms with E-state index in [1.54, 1.807) is 4.90 Å². The van der Waals surface area contributed by atoms with Gasteiger partial charge in [0.15, 0.2) is 5.82 Å². The van der Waals surface area contributed by atoms with Crippen molar-refractivity contribution in [2.75, 3.05) is 19.6 Å². The number of rotatable bonds is 4. The van der Waals surface area contributed by atoms with Gasteiger partial charge in [-0.05, 0) is 30.5 Å². The Morgan fingerprint density at radius 1 is 1.18 bits per heavy atom. The van der Waals surface area contributed by atoms with E-state index in [1.807, 2.05) is 59.7 Å². The maximum Gasteiger partial charge on any atom is 0.264 e. The summed E-state index contributed by atoms with van der Waals surface area (Å²) in [6, 6.07) is 13.1. The Morgan fingerprint density at radius 2 is 2.00 bits per heavy atom. The monoisotopic (exact) mass is 396 g/mol. The fourth-order valence-electron chi connectivity index (χ4n) is 3.30. The molecular weight excluding hydrogens is 376 g/mol. The Bertz CT molecular complexity index is 955. The SMILES string of the molecule is CC1CN(C(=O)Cc2noc(-c3ccccc3)n2)CCN1C(=O)c1cccs1. The summed E-state index contributed by atoms with van der Waals surface area (Å²) in [7, 11) is 0. The highest BCUT2D eigenvalue weighted by molar-refractivity contribution is 7.12. The molecule has 1 saturated heterocycles. The molecule has 3 aromatic rings. The smallest absolute Gasteiger partial charge is 0.264 e. The summed E-state index contributed by atoms with van der Waals surface area (Å²) in [4.78, 5) is 33.9. The lowest BCUT2D eigenvalue weighted by atomic mass is 10.1. The molecule has 1 aliphatic heterocycles. The third-order valence-electron chi connectivity index (χ3n) is 4.77. The van der Waals surface area contributed by atoms with Gasteiger partial charge in [0.1, 0.15) is 0 Å². The second-order valence-electron chi connectivity index (χ2n) is 6.72. The number of amides is 2. The van der Waals surface area contributed by atoms with Gasteiger partial charge in [0.25, 0.3) is 11.8 Å². The van der Waals surface area contributed by atoms with Gasteiger partial charge < -0.3 is 14.3 Å². The number of thiophene rings is 1. The van der Waals surface area contributed by atoms with Crippen LogP contribution in [-0.4, -0.2) is 57.4 Å². The average molecular weight is 396 g/mol. The average Bonchev–Trinajstić information content (AvgIpc) is 3.40. The Kier molecular flexibility index (Phi) is 5.21. The molecular formula is C20H20N4O3S. The molecule has 2 aromatic heterocycles. The number of benzene rings is 1. The van der Waals surface area contributed by atoms with Gasteiger partial charge in [0.05, 0.1) is 11.3 Å². The summed E-state index contributed by atoms with van der Waals surface area (Å²) < 4.78 is 5.27. The summed E-state index contributed by atoms with van der Waals surface area (Å²) in [5.74, 6) is 0.743. The van der Waals surface area contributed by atoms with Crippen LogP contribution in [0.25, 0.3) is 11.5 Å². The van der Waals surface area contributed by atoms with E-state index >= 15 is 0 Å². The van der Waals surface area contributed by atoms with Gasteiger partial charge in [0, 0.05) is 31.2 Å². The van der Waals surface area contributed by atoms with Gasteiger partial charge in [0.2, 0.25) is 5.91 Å². The summed E-state index contributed by atoms with van der Waals surface area (Å²) in [5, 5.41) is 5.82. The normalized spacial score (nSPS) is 17.0. The number of hydrogen-bond donors (Lipinski definition) is 0. The second kappa shape index (κ2) is 7.93. The zero-order chi connectivity index (χ0) is 19.5. The molecule has 7 nitrogen and oxygen atoms in total. The lowest BCUT2D eigenvalue weighted by Crippen LogP contribution is -2.55. The molecule has 1 unspecified atom stereocenters. The Morgan fingerprint density at radius 3 is 2.71 bits per heavy atom. The first-order chi connectivity index (χ1) is 13.6. The van der Waals surface area contributed by atoms with Crippen molar-refractivity contribution in [1.29, 1.82) is 0 Å². The molecule has 0 saturated carbocycles. The van der Waals surface area contributed by atoms with Crippen molar-refractivity contribution >= 4 is 23.2 Å². The molecule has 4 rings (SSSR count). The third kappa shape index (κ3) is 3.82. The largest absolute Gasteiger partial charge is 0.338 e. The van der Waals surface area contributed by atoms with Gasteiger partial charge in [-0.25, -0.2) is 0 Å². The summed E-state index contributed by atoms with van der Waals surface area (Å²) in [6.07, 6.45) is 0.0852. The van der Waals surface area contributed by atoms with Crippen LogP contribution < -0.4 is 0 Å². The topological polar surface area (TPSA) is 79.5 Å². The van der Waals surface area contributed by atoms with E-state index in [0.717, 1.165) is 10.4 Å². The predicted octanol–water partition coefficient (Wildman–Crippen LogP) is 2.71. The molecule has 8 heteroatoms. The number of hydrogen-bond acceptors (Lipinski definition) is 6. The molecule has 0 N–H and O–H groups in total. The van der Waals surface area contributed by atoms with Crippen molar-refractivity contribution in [3.05, 3.63) is 58.5 Å². The molecule has 1 atom stereocenters. The minimum absolute atomic E-state index is 0.0280. The molecule has 3 heterocycles. The first-order valence-corrected chi connectivity index (χ1v) is 10.00. The van der Waals surface area contributed by atoms with Crippen molar-refractivity contribution in [2.24, 2.45) is 0 Å². The number of nitrogens with zero attached hydrogens (tertiary/aromatic N) is 4. The van der Waals surface area contributed by atoms with Crippen molar-refractivity contribution in [3.63, 3.8) is 0 Å². The summed E-state index contributed by atoms with van der Waals surface area (Å²) in [5.41, 5.74) is 0.822. The van der Waals surface area contributed by atoms with Crippen LogP contribution in [0.5, 0.6) is 0 Å². The highest BCUT2D eigenvalue weighted by atomic mass is 32.1. The van der Waals surface area contributed by atoms with Gasteiger partial charge in [-0.15, -0.1) is 11.3 Å². The molecule has 0 spiro atoms. The van der Waals surface area contributed by atoms with Gasteiger partial charge >= 0.3 is 0 Å². The van der Waals surface area contributed by atoms with Crippen molar-refractivity contribution in [2.45, 2.75) is 19.4 Å². The van der Waals surface area contributed by atoms with Crippen LogP contribution in [0.1, 0.15) is 22.4 Å². The fraction of sp³-hybridized carbons (Fsp3) is 0.300. The highest BCUT2D eigenvalue weighted by Gasteiger charge is 2.31. The van der Waals surface area contributed by atoms with E-state index in [1.165, 1.54) is 11.3 Å². The summed E-state index contributed by atoms with van der Waals surface area (Å²) >= 11 is 1.44. The maximum atomic E-state index is 12.7. The van der Waals surface area contributed by atoms with Crippen LogP contribution >= 0.6 is 11.3 Å². The van der Waals surface area contributed by atoms with Crippen molar-refractivity contribution < 1.29 is 14.1 Å². The molecule has 0 bridgehead atoms. The maximum absolute atomic E-state index is 12.7. The highest BCUT2D eigenvalue weighted by Crippen LogP contribution is 2.19.